The van der Waals surface area contributed by atoms with E-state index in [2.05, 4.69) is 21.2 Å². The molecule has 0 saturated carbocycles. The van der Waals surface area contributed by atoms with Crippen LogP contribution < -0.4 is 10.2 Å². The second-order valence-corrected chi connectivity index (χ2v) is 13.6. The Labute approximate surface area is 228 Å². The Kier molecular flexibility index (Phi) is 7.43. The van der Waals surface area contributed by atoms with E-state index in [1.54, 1.807) is 18.1 Å². The summed E-state index contributed by atoms with van der Waals surface area (Å²) < 4.78 is 34.1. The Morgan fingerprint density at radius 1 is 1.27 bits per heavy atom. The Balaban J connectivity index is 1.36. The van der Waals surface area contributed by atoms with Gasteiger partial charge in [0.05, 0.1) is 11.6 Å². The molecular formula is C26H28BrN3O5S2. The maximum absolute atomic E-state index is 13.3. The predicted molar refractivity (Wildman–Crippen MR) is 149 cm³/mol. The summed E-state index contributed by atoms with van der Waals surface area (Å²) in [4.78, 5) is 29.1. The maximum atomic E-state index is 13.3. The van der Waals surface area contributed by atoms with Gasteiger partial charge in [-0.1, -0.05) is 12.1 Å². The molecule has 37 heavy (non-hydrogen) atoms. The Morgan fingerprint density at radius 3 is 2.81 bits per heavy atom. The van der Waals surface area contributed by atoms with Crippen LogP contribution in [-0.2, 0) is 19.6 Å². The van der Waals surface area contributed by atoms with Crippen molar-refractivity contribution in [1.82, 2.24) is 4.31 Å². The van der Waals surface area contributed by atoms with Crippen molar-refractivity contribution in [2.24, 2.45) is 5.92 Å². The van der Waals surface area contributed by atoms with Gasteiger partial charge in [-0.15, -0.1) is 11.3 Å². The van der Waals surface area contributed by atoms with Gasteiger partial charge in [-0.2, -0.15) is 4.31 Å². The highest BCUT2D eigenvalue weighted by molar-refractivity contribution is 9.10. The number of anilines is 2. The van der Waals surface area contributed by atoms with Gasteiger partial charge in [0.1, 0.15) is 4.21 Å². The number of thiophene rings is 1. The van der Waals surface area contributed by atoms with Crippen LogP contribution in [0.15, 0.2) is 45.1 Å². The quantitative estimate of drug-likeness (QED) is 0.364. The number of piperidine rings is 1. The number of hydrogen-bond donors (Lipinski definition) is 1. The van der Waals surface area contributed by atoms with Crippen LogP contribution in [0.4, 0.5) is 11.4 Å². The van der Waals surface area contributed by atoms with Crippen molar-refractivity contribution in [3.05, 3.63) is 51.3 Å². The van der Waals surface area contributed by atoms with Gasteiger partial charge < -0.3 is 15.0 Å². The van der Waals surface area contributed by atoms with Crippen LogP contribution >= 0.6 is 27.3 Å². The van der Waals surface area contributed by atoms with Gasteiger partial charge in [-0.05, 0) is 66.4 Å². The van der Waals surface area contributed by atoms with Crippen LogP contribution in [0, 0.1) is 12.8 Å². The molecule has 1 aromatic heterocycles. The van der Waals surface area contributed by atoms with E-state index >= 15 is 0 Å². The first-order valence-electron chi connectivity index (χ1n) is 12.2. The summed E-state index contributed by atoms with van der Waals surface area (Å²) in [6.07, 6.45) is 1.94. The highest BCUT2D eigenvalue weighted by Crippen LogP contribution is 2.41. The number of aryl methyl sites for hydroxylation is 1. The van der Waals surface area contributed by atoms with Crippen LogP contribution in [-0.4, -0.2) is 57.9 Å². The summed E-state index contributed by atoms with van der Waals surface area (Å²) >= 11 is 4.62. The van der Waals surface area contributed by atoms with E-state index in [0.717, 1.165) is 32.2 Å². The van der Waals surface area contributed by atoms with Crippen molar-refractivity contribution >= 4 is 71.3 Å². The van der Waals surface area contributed by atoms with E-state index in [1.807, 2.05) is 37.3 Å². The lowest BCUT2D eigenvalue weighted by Gasteiger charge is -2.31. The number of hydrogen-bond acceptors (Lipinski definition) is 6. The zero-order valence-electron chi connectivity index (χ0n) is 20.6. The van der Waals surface area contributed by atoms with Gasteiger partial charge in [-0.3, -0.25) is 9.59 Å². The van der Waals surface area contributed by atoms with Gasteiger partial charge >= 0.3 is 0 Å². The molecule has 1 unspecified atom stereocenters. The van der Waals surface area contributed by atoms with Crippen molar-refractivity contribution in [2.45, 2.75) is 30.4 Å². The van der Waals surface area contributed by atoms with Gasteiger partial charge in [-0.25, -0.2) is 8.42 Å². The molecule has 1 saturated heterocycles. The molecule has 2 aromatic carbocycles. The van der Waals surface area contributed by atoms with Crippen molar-refractivity contribution in [3.8, 4) is 0 Å². The monoisotopic (exact) mass is 605 g/mol. The molecule has 0 spiro atoms. The smallest absolute Gasteiger partial charge is 0.258 e. The largest absolute Gasteiger partial charge is 0.385 e. The van der Waals surface area contributed by atoms with Crippen molar-refractivity contribution in [2.75, 3.05) is 43.6 Å². The molecule has 0 radical (unpaired) electrons. The van der Waals surface area contributed by atoms with Gasteiger partial charge in [0.15, 0.2) is 0 Å². The standard InChI is InChI=1S/C26H28BrN3O5S2/c1-16-20(27)14-23(36-16)37(33,34)29-11-4-6-17(15-29)25(31)28-21-9-10-22-24-18(21)7-3-8-19(24)26(32)30(22)12-5-13-35-2/h3,7-10,14,17H,4-6,11-13,15H2,1-2H3,(H,28,31). The Morgan fingerprint density at radius 2 is 2.08 bits per heavy atom. The maximum Gasteiger partial charge on any atom is 0.258 e. The summed E-state index contributed by atoms with van der Waals surface area (Å²) in [5.41, 5.74) is 2.07. The Hall–Kier alpha value is -2.31. The molecule has 0 aliphatic carbocycles. The fourth-order valence-corrected chi connectivity index (χ4v) is 8.83. The third kappa shape index (κ3) is 4.83. The fourth-order valence-electron chi connectivity index (χ4n) is 5.04. The molecule has 1 atom stereocenters. The third-order valence-electron chi connectivity index (χ3n) is 6.96. The zero-order valence-corrected chi connectivity index (χ0v) is 23.8. The van der Waals surface area contributed by atoms with E-state index in [4.69, 9.17) is 4.74 Å². The van der Waals surface area contributed by atoms with Crippen molar-refractivity contribution in [3.63, 3.8) is 0 Å². The minimum absolute atomic E-state index is 0.0521. The SMILES string of the molecule is COCCCN1C(=O)c2cccc3c(NC(=O)C4CCCN(S(=O)(=O)c5cc(Br)c(C)s5)C4)ccc1c23. The van der Waals surface area contributed by atoms with E-state index in [1.165, 1.54) is 15.6 Å². The first kappa shape index (κ1) is 26.3. The number of nitrogens with one attached hydrogen (secondary N) is 1. The number of halogens is 1. The average molecular weight is 607 g/mol. The first-order valence-corrected chi connectivity index (χ1v) is 15.2. The molecule has 2 amide bonds. The second kappa shape index (κ2) is 10.5. The molecule has 2 aliphatic heterocycles. The molecule has 2 aliphatic rings. The molecule has 8 nitrogen and oxygen atoms in total. The van der Waals surface area contributed by atoms with Gasteiger partial charge in [0.25, 0.3) is 15.9 Å². The minimum atomic E-state index is -3.67. The number of methoxy groups -OCH3 is 1. The molecule has 3 heterocycles. The lowest BCUT2D eigenvalue weighted by Crippen LogP contribution is -2.43. The number of ether oxygens (including phenoxy) is 1. The van der Waals surface area contributed by atoms with E-state index in [-0.39, 0.29) is 22.6 Å². The molecule has 5 rings (SSSR count). The van der Waals surface area contributed by atoms with Gasteiger partial charge in [0, 0.05) is 64.7 Å². The van der Waals surface area contributed by atoms with Gasteiger partial charge in [0.2, 0.25) is 5.91 Å². The van der Waals surface area contributed by atoms with Crippen LogP contribution in [0.3, 0.4) is 0 Å². The highest BCUT2D eigenvalue weighted by atomic mass is 79.9. The highest BCUT2D eigenvalue weighted by Gasteiger charge is 2.35. The minimum Gasteiger partial charge on any atom is -0.385 e. The summed E-state index contributed by atoms with van der Waals surface area (Å²) in [5, 5.41) is 4.65. The van der Waals surface area contributed by atoms with Crippen molar-refractivity contribution in [1.29, 1.82) is 0 Å². The van der Waals surface area contributed by atoms with E-state index < -0.39 is 15.9 Å². The van der Waals surface area contributed by atoms with Crippen molar-refractivity contribution < 1.29 is 22.7 Å². The van der Waals surface area contributed by atoms with Crippen LogP contribution in [0.1, 0.15) is 34.5 Å². The summed E-state index contributed by atoms with van der Waals surface area (Å²) in [5.74, 6) is -0.739. The number of nitrogens with zero attached hydrogens (tertiary/aromatic N) is 2. The first-order chi connectivity index (χ1) is 17.7. The lowest BCUT2D eigenvalue weighted by molar-refractivity contribution is -0.120. The number of carbonyl (C=O) groups is 2. The lowest BCUT2D eigenvalue weighted by atomic mass is 9.98. The van der Waals surface area contributed by atoms with Crippen LogP contribution in [0.5, 0.6) is 0 Å². The summed E-state index contributed by atoms with van der Waals surface area (Å²) in [6.45, 7) is 3.51. The fraction of sp³-hybridized carbons (Fsp3) is 0.385. The molecule has 1 N–H and O–H groups in total. The third-order valence-corrected chi connectivity index (χ3v) is 11.4. The number of rotatable bonds is 8. The second-order valence-electron chi connectivity index (χ2n) is 9.32. The molecule has 1 fully saturated rings. The normalized spacial score (nSPS) is 18.1. The topological polar surface area (TPSA) is 96.0 Å². The van der Waals surface area contributed by atoms with Crippen LogP contribution in [0.2, 0.25) is 0 Å². The number of benzene rings is 2. The Bertz CT molecular complexity index is 1470. The molecule has 0 bridgehead atoms. The number of sulfonamides is 1. The summed E-state index contributed by atoms with van der Waals surface area (Å²) in [7, 11) is -2.03. The number of carbonyl (C=O) groups excluding carboxylic acids is 2. The predicted octanol–water partition coefficient (Wildman–Crippen LogP) is 5.01. The zero-order chi connectivity index (χ0) is 26.3. The number of amides is 2. The molecule has 196 valence electrons. The van der Waals surface area contributed by atoms with E-state index in [9.17, 15) is 18.0 Å². The molecular weight excluding hydrogens is 578 g/mol. The molecule has 3 aromatic rings. The molecule has 11 heteroatoms. The van der Waals surface area contributed by atoms with E-state index in [0.29, 0.717) is 43.8 Å². The average Bonchev–Trinajstić information content (AvgIpc) is 3.38. The van der Waals surface area contributed by atoms with Crippen LogP contribution in [0.25, 0.3) is 10.8 Å². The summed E-state index contributed by atoms with van der Waals surface area (Å²) in [6, 6.07) is 10.9.